The molecule has 2 nitrogen and oxygen atoms in total. The van der Waals surface area contributed by atoms with Gasteiger partial charge in [0.05, 0.1) is 0 Å². The zero-order valence-electron chi connectivity index (χ0n) is 8.00. The van der Waals surface area contributed by atoms with Crippen LogP contribution in [-0.2, 0) is 0 Å². The van der Waals surface area contributed by atoms with Crippen LogP contribution in [0.15, 0.2) is 0 Å². The third kappa shape index (κ3) is 1.27. The summed E-state index contributed by atoms with van der Waals surface area (Å²) in [4.78, 5) is 2.59. The summed E-state index contributed by atoms with van der Waals surface area (Å²) in [6, 6.07) is 0. The van der Waals surface area contributed by atoms with Crippen LogP contribution in [0.4, 0.5) is 0 Å². The van der Waals surface area contributed by atoms with Crippen LogP contribution in [0.3, 0.4) is 0 Å². The number of rotatable bonds is 2. The number of fused-ring (bicyclic) bond motifs is 2. The lowest BCUT2D eigenvalue weighted by atomic mass is 9.85. The lowest BCUT2D eigenvalue weighted by Crippen LogP contribution is -2.44. The van der Waals surface area contributed by atoms with Crippen molar-refractivity contribution in [3.63, 3.8) is 0 Å². The van der Waals surface area contributed by atoms with Gasteiger partial charge in [-0.05, 0) is 43.7 Å². The Morgan fingerprint density at radius 2 is 1.83 bits per heavy atom. The SMILES string of the molecule is CCN1CC2CCC(C1)C2CN. The maximum absolute atomic E-state index is 5.79. The molecule has 12 heavy (non-hydrogen) atoms. The first-order valence-electron chi connectivity index (χ1n) is 5.27. The van der Waals surface area contributed by atoms with Crippen molar-refractivity contribution in [2.75, 3.05) is 26.2 Å². The van der Waals surface area contributed by atoms with E-state index in [1.165, 1.54) is 32.5 Å². The van der Waals surface area contributed by atoms with Crippen LogP contribution in [0.5, 0.6) is 0 Å². The third-order valence-electron chi connectivity index (χ3n) is 3.82. The molecule has 2 N–H and O–H groups in total. The van der Waals surface area contributed by atoms with E-state index < -0.39 is 0 Å². The van der Waals surface area contributed by atoms with E-state index in [4.69, 9.17) is 5.73 Å². The Morgan fingerprint density at radius 3 is 2.25 bits per heavy atom. The summed E-state index contributed by atoms with van der Waals surface area (Å²) >= 11 is 0. The molecule has 1 heterocycles. The average Bonchev–Trinajstić information content (AvgIpc) is 2.35. The number of hydrogen-bond donors (Lipinski definition) is 1. The van der Waals surface area contributed by atoms with Crippen molar-refractivity contribution in [3.8, 4) is 0 Å². The second-order valence-electron chi connectivity index (χ2n) is 4.35. The molecular weight excluding hydrogens is 148 g/mol. The van der Waals surface area contributed by atoms with Gasteiger partial charge < -0.3 is 10.6 Å². The van der Waals surface area contributed by atoms with Gasteiger partial charge >= 0.3 is 0 Å². The van der Waals surface area contributed by atoms with Crippen molar-refractivity contribution in [1.29, 1.82) is 0 Å². The van der Waals surface area contributed by atoms with Crippen LogP contribution in [-0.4, -0.2) is 31.1 Å². The third-order valence-corrected chi connectivity index (χ3v) is 3.82. The van der Waals surface area contributed by atoms with Gasteiger partial charge in [0, 0.05) is 13.1 Å². The van der Waals surface area contributed by atoms with Gasteiger partial charge in [0.15, 0.2) is 0 Å². The molecule has 2 atom stereocenters. The normalized spacial score (nSPS) is 42.0. The van der Waals surface area contributed by atoms with E-state index in [0.29, 0.717) is 0 Å². The van der Waals surface area contributed by atoms with E-state index in [1.807, 2.05) is 0 Å². The first-order chi connectivity index (χ1) is 5.85. The van der Waals surface area contributed by atoms with E-state index in [2.05, 4.69) is 11.8 Å². The molecule has 0 aromatic carbocycles. The van der Waals surface area contributed by atoms with Gasteiger partial charge in [-0.2, -0.15) is 0 Å². The Hall–Kier alpha value is -0.0800. The molecule has 1 aliphatic heterocycles. The van der Waals surface area contributed by atoms with Gasteiger partial charge in [0.2, 0.25) is 0 Å². The molecule has 2 heteroatoms. The lowest BCUT2D eigenvalue weighted by molar-refractivity contribution is 0.119. The van der Waals surface area contributed by atoms with E-state index in [0.717, 1.165) is 24.3 Å². The number of piperidine rings is 1. The van der Waals surface area contributed by atoms with Gasteiger partial charge in [0.25, 0.3) is 0 Å². The standard InChI is InChI=1S/C10H20N2/c1-2-12-6-8-3-4-9(7-12)10(8)5-11/h8-10H,2-7,11H2,1H3. The first kappa shape index (κ1) is 8.52. The largest absolute Gasteiger partial charge is 0.330 e. The molecule has 2 rings (SSSR count). The Balaban J connectivity index is 2.01. The van der Waals surface area contributed by atoms with Crippen molar-refractivity contribution in [1.82, 2.24) is 4.90 Å². The predicted octanol–water partition coefficient (Wildman–Crippen LogP) is 0.923. The molecule has 1 saturated heterocycles. The highest BCUT2D eigenvalue weighted by molar-refractivity contribution is 4.92. The summed E-state index contributed by atoms with van der Waals surface area (Å²) in [5, 5.41) is 0. The summed E-state index contributed by atoms with van der Waals surface area (Å²) in [5.74, 6) is 2.70. The molecule has 70 valence electrons. The molecular formula is C10H20N2. The summed E-state index contributed by atoms with van der Waals surface area (Å²) in [7, 11) is 0. The van der Waals surface area contributed by atoms with Crippen molar-refractivity contribution >= 4 is 0 Å². The number of nitrogens with two attached hydrogens (primary N) is 1. The number of likely N-dealkylation sites (tertiary alicyclic amines) is 1. The van der Waals surface area contributed by atoms with Crippen molar-refractivity contribution in [3.05, 3.63) is 0 Å². The molecule has 1 saturated carbocycles. The summed E-state index contributed by atoms with van der Waals surface area (Å²) in [5.41, 5.74) is 5.79. The average molecular weight is 168 g/mol. The fourth-order valence-corrected chi connectivity index (χ4v) is 3.08. The maximum Gasteiger partial charge on any atom is 0.00129 e. The van der Waals surface area contributed by atoms with Crippen LogP contribution >= 0.6 is 0 Å². The molecule has 0 aromatic heterocycles. The summed E-state index contributed by atoms with van der Waals surface area (Å²) < 4.78 is 0. The summed E-state index contributed by atoms with van der Waals surface area (Å²) in [6.45, 7) is 7.04. The van der Waals surface area contributed by atoms with Gasteiger partial charge in [-0.25, -0.2) is 0 Å². The van der Waals surface area contributed by atoms with Gasteiger partial charge in [-0.15, -0.1) is 0 Å². The smallest absolute Gasteiger partial charge is 0.00129 e. The van der Waals surface area contributed by atoms with Crippen LogP contribution in [0.2, 0.25) is 0 Å². The van der Waals surface area contributed by atoms with Crippen LogP contribution in [0.25, 0.3) is 0 Å². The van der Waals surface area contributed by atoms with Gasteiger partial charge in [-0.3, -0.25) is 0 Å². The second kappa shape index (κ2) is 3.35. The van der Waals surface area contributed by atoms with E-state index in [1.54, 1.807) is 0 Å². The Labute approximate surface area is 75.1 Å². The first-order valence-corrected chi connectivity index (χ1v) is 5.27. The lowest BCUT2D eigenvalue weighted by Gasteiger charge is -2.36. The topological polar surface area (TPSA) is 29.3 Å². The quantitative estimate of drug-likeness (QED) is 0.664. The second-order valence-corrected chi connectivity index (χ2v) is 4.35. The molecule has 1 aliphatic carbocycles. The molecule has 2 unspecified atom stereocenters. The van der Waals surface area contributed by atoms with E-state index in [-0.39, 0.29) is 0 Å². The van der Waals surface area contributed by atoms with Crippen LogP contribution in [0, 0.1) is 17.8 Å². The fraction of sp³-hybridized carbons (Fsp3) is 1.00. The molecule has 0 radical (unpaired) electrons. The zero-order valence-corrected chi connectivity index (χ0v) is 8.00. The fourth-order valence-electron chi connectivity index (χ4n) is 3.08. The Kier molecular flexibility index (Phi) is 2.37. The van der Waals surface area contributed by atoms with Gasteiger partial charge in [0.1, 0.15) is 0 Å². The van der Waals surface area contributed by atoms with Crippen molar-refractivity contribution in [2.45, 2.75) is 19.8 Å². The monoisotopic (exact) mass is 168 g/mol. The Morgan fingerprint density at radius 1 is 1.25 bits per heavy atom. The van der Waals surface area contributed by atoms with Crippen molar-refractivity contribution < 1.29 is 0 Å². The molecule has 2 aliphatic rings. The minimum absolute atomic E-state index is 0.854. The highest BCUT2D eigenvalue weighted by atomic mass is 15.1. The van der Waals surface area contributed by atoms with E-state index >= 15 is 0 Å². The molecule has 2 fully saturated rings. The highest BCUT2D eigenvalue weighted by Crippen LogP contribution is 2.40. The molecule has 0 spiro atoms. The molecule has 2 bridgehead atoms. The number of hydrogen-bond acceptors (Lipinski definition) is 2. The van der Waals surface area contributed by atoms with Crippen LogP contribution in [0.1, 0.15) is 19.8 Å². The highest BCUT2D eigenvalue weighted by Gasteiger charge is 2.40. The predicted molar refractivity (Wildman–Crippen MR) is 50.9 cm³/mol. The van der Waals surface area contributed by atoms with Crippen molar-refractivity contribution in [2.24, 2.45) is 23.5 Å². The van der Waals surface area contributed by atoms with E-state index in [9.17, 15) is 0 Å². The minimum Gasteiger partial charge on any atom is -0.330 e. The minimum atomic E-state index is 0.854. The van der Waals surface area contributed by atoms with Gasteiger partial charge in [-0.1, -0.05) is 6.92 Å². The Bertz CT molecular complexity index is 144. The summed E-state index contributed by atoms with van der Waals surface area (Å²) in [6.07, 6.45) is 2.87. The zero-order chi connectivity index (χ0) is 8.55. The number of nitrogens with zero attached hydrogens (tertiary/aromatic N) is 1. The molecule has 0 amide bonds. The molecule has 0 aromatic rings. The maximum atomic E-state index is 5.79. The van der Waals surface area contributed by atoms with Crippen LogP contribution < -0.4 is 5.73 Å².